The van der Waals surface area contributed by atoms with E-state index >= 15 is 4.39 Å². The SMILES string of the molecule is CC(O)(C(=O)N1CC2(CC2)[C@H](NS(=O)(=O)CF)[C@@H]1CC1CCCC(C2CC(F)CC(F)C2)C1F)C(F)F. The van der Waals surface area contributed by atoms with Crippen molar-refractivity contribution in [1.29, 1.82) is 0 Å². The molecule has 1 saturated heterocycles. The van der Waals surface area contributed by atoms with Crippen molar-refractivity contribution in [1.82, 2.24) is 9.62 Å². The van der Waals surface area contributed by atoms with Crippen LogP contribution in [-0.4, -0.2) is 79.5 Å². The lowest BCUT2D eigenvalue weighted by Crippen LogP contribution is -2.56. The van der Waals surface area contributed by atoms with E-state index in [9.17, 15) is 40.3 Å². The molecule has 3 aliphatic carbocycles. The van der Waals surface area contributed by atoms with Crippen LogP contribution in [-0.2, 0) is 14.8 Å². The van der Waals surface area contributed by atoms with E-state index in [0.717, 1.165) is 4.90 Å². The molecule has 1 heterocycles. The predicted octanol–water partition coefficient (Wildman–Crippen LogP) is 3.83. The summed E-state index contributed by atoms with van der Waals surface area (Å²) in [6.07, 6.45) is -5.53. The highest BCUT2D eigenvalue weighted by atomic mass is 32.2. The summed E-state index contributed by atoms with van der Waals surface area (Å²) in [4.78, 5) is 14.1. The molecule has 4 fully saturated rings. The highest BCUT2D eigenvalue weighted by molar-refractivity contribution is 7.89. The van der Waals surface area contributed by atoms with Crippen molar-refractivity contribution in [3.63, 3.8) is 0 Å². The number of carbonyl (C=O) groups excluding carboxylic acids is 1. The van der Waals surface area contributed by atoms with Gasteiger partial charge in [0.25, 0.3) is 12.3 Å². The van der Waals surface area contributed by atoms with Crippen molar-refractivity contribution < 1.29 is 44.7 Å². The van der Waals surface area contributed by atoms with Crippen molar-refractivity contribution in [2.75, 3.05) is 12.6 Å². The molecule has 214 valence electrons. The molecular formula is C24H36F6N2O4S. The third-order valence-corrected chi connectivity index (χ3v) is 10.0. The largest absolute Gasteiger partial charge is 0.375 e. The Balaban J connectivity index is 1.60. The van der Waals surface area contributed by atoms with Crippen LogP contribution in [0.15, 0.2) is 0 Å². The molecule has 2 N–H and O–H groups in total. The third kappa shape index (κ3) is 5.78. The molecule has 1 amide bonds. The number of hydrogen-bond donors (Lipinski definition) is 2. The molecule has 6 unspecified atom stereocenters. The number of nitrogens with zero attached hydrogens (tertiary/aromatic N) is 1. The molecular weight excluding hydrogens is 526 g/mol. The number of hydrogen-bond acceptors (Lipinski definition) is 4. The minimum absolute atomic E-state index is 0.0611. The number of amides is 1. The molecule has 37 heavy (non-hydrogen) atoms. The van der Waals surface area contributed by atoms with Gasteiger partial charge in [-0.3, -0.25) is 4.79 Å². The minimum atomic E-state index is -4.40. The van der Waals surface area contributed by atoms with Gasteiger partial charge in [0.2, 0.25) is 21.6 Å². The number of likely N-dealkylation sites (tertiary alicyclic amines) is 1. The molecule has 0 aromatic heterocycles. The van der Waals surface area contributed by atoms with Crippen LogP contribution in [0.1, 0.15) is 64.7 Å². The van der Waals surface area contributed by atoms with E-state index in [-0.39, 0.29) is 32.2 Å². The van der Waals surface area contributed by atoms with Gasteiger partial charge in [-0.25, -0.2) is 39.5 Å². The Morgan fingerprint density at radius 2 is 1.76 bits per heavy atom. The average Bonchev–Trinajstić information content (AvgIpc) is 3.54. The fourth-order valence-electron chi connectivity index (χ4n) is 6.98. The fourth-order valence-corrected chi connectivity index (χ4v) is 7.84. The second-order valence-electron chi connectivity index (χ2n) is 11.8. The Kier molecular flexibility index (Phi) is 8.19. The summed E-state index contributed by atoms with van der Waals surface area (Å²) in [7, 11) is -4.40. The number of sulfonamides is 1. The molecule has 8 atom stereocenters. The molecule has 3 saturated carbocycles. The average molecular weight is 563 g/mol. The van der Waals surface area contributed by atoms with Crippen LogP contribution in [0.3, 0.4) is 0 Å². The second-order valence-corrected chi connectivity index (χ2v) is 13.5. The summed E-state index contributed by atoms with van der Waals surface area (Å²) in [6, 6.07) is -3.83. The maximum atomic E-state index is 15.9. The highest BCUT2D eigenvalue weighted by Gasteiger charge is 2.63. The normalized spacial score (nSPS) is 39.6. The van der Waals surface area contributed by atoms with Crippen molar-refractivity contribution in [3.8, 4) is 0 Å². The summed E-state index contributed by atoms with van der Waals surface area (Å²) >= 11 is 0. The topological polar surface area (TPSA) is 86.7 Å². The summed E-state index contributed by atoms with van der Waals surface area (Å²) in [5, 5.41) is 10.2. The van der Waals surface area contributed by atoms with Gasteiger partial charge < -0.3 is 10.0 Å². The fraction of sp³-hybridized carbons (Fsp3) is 0.958. The smallest absolute Gasteiger partial charge is 0.275 e. The molecule has 6 nitrogen and oxygen atoms in total. The quantitative estimate of drug-likeness (QED) is 0.441. The molecule has 0 radical (unpaired) electrons. The van der Waals surface area contributed by atoms with Gasteiger partial charge in [0.15, 0.2) is 0 Å². The lowest BCUT2D eigenvalue weighted by atomic mass is 9.67. The summed E-state index contributed by atoms with van der Waals surface area (Å²) < 4.78 is 111. The van der Waals surface area contributed by atoms with E-state index in [1.165, 1.54) is 0 Å². The van der Waals surface area contributed by atoms with Gasteiger partial charge in [0, 0.05) is 30.5 Å². The van der Waals surface area contributed by atoms with Crippen molar-refractivity contribution in [3.05, 3.63) is 0 Å². The monoisotopic (exact) mass is 562 g/mol. The van der Waals surface area contributed by atoms with Crippen LogP contribution < -0.4 is 4.72 Å². The van der Waals surface area contributed by atoms with Crippen molar-refractivity contribution >= 4 is 15.9 Å². The van der Waals surface area contributed by atoms with Gasteiger partial charge in [-0.1, -0.05) is 6.42 Å². The number of carbonyl (C=O) groups is 1. The van der Waals surface area contributed by atoms with Crippen LogP contribution in [0.25, 0.3) is 0 Å². The molecule has 4 rings (SSSR count). The molecule has 0 aromatic carbocycles. The van der Waals surface area contributed by atoms with Gasteiger partial charge in [0.05, 0.1) is 0 Å². The summed E-state index contributed by atoms with van der Waals surface area (Å²) in [5.74, 6) is -3.12. The van der Waals surface area contributed by atoms with E-state index in [1.807, 2.05) is 0 Å². The van der Waals surface area contributed by atoms with Gasteiger partial charge >= 0.3 is 0 Å². The number of halogens is 6. The number of rotatable bonds is 8. The molecule has 1 aliphatic heterocycles. The molecule has 1 spiro atoms. The Labute approximate surface area is 213 Å². The van der Waals surface area contributed by atoms with Gasteiger partial charge in [-0.2, -0.15) is 0 Å². The number of aliphatic hydroxyl groups is 1. The third-order valence-electron chi connectivity index (χ3n) is 9.14. The Hall–Kier alpha value is -1.08. The van der Waals surface area contributed by atoms with Gasteiger partial charge in [-0.05, 0) is 69.6 Å². The van der Waals surface area contributed by atoms with Crippen LogP contribution >= 0.6 is 0 Å². The maximum absolute atomic E-state index is 15.9. The maximum Gasteiger partial charge on any atom is 0.275 e. The zero-order valence-electron chi connectivity index (χ0n) is 20.8. The first-order valence-electron chi connectivity index (χ1n) is 13.0. The molecule has 4 aliphatic rings. The van der Waals surface area contributed by atoms with Crippen LogP contribution in [0, 0.1) is 23.2 Å². The first-order valence-corrected chi connectivity index (χ1v) is 14.7. The van der Waals surface area contributed by atoms with E-state index < -0.39 is 87.7 Å². The van der Waals surface area contributed by atoms with E-state index in [1.54, 1.807) is 0 Å². The Morgan fingerprint density at radius 3 is 2.30 bits per heavy atom. The van der Waals surface area contributed by atoms with Crippen LogP contribution in [0.5, 0.6) is 0 Å². The number of alkyl halides is 6. The van der Waals surface area contributed by atoms with Crippen LogP contribution in [0.4, 0.5) is 26.3 Å². The van der Waals surface area contributed by atoms with Crippen LogP contribution in [0.2, 0.25) is 0 Å². The molecule has 13 heteroatoms. The molecule has 0 aromatic rings. The zero-order chi connectivity index (χ0) is 27.3. The Morgan fingerprint density at radius 1 is 1.14 bits per heavy atom. The van der Waals surface area contributed by atoms with Gasteiger partial charge in [0.1, 0.15) is 18.5 Å². The zero-order valence-corrected chi connectivity index (χ0v) is 21.6. The van der Waals surface area contributed by atoms with Crippen molar-refractivity contribution in [2.24, 2.45) is 23.2 Å². The highest BCUT2D eigenvalue weighted by Crippen LogP contribution is 2.57. The molecule has 0 bridgehead atoms. The Bertz CT molecular complexity index is 940. The lowest BCUT2D eigenvalue weighted by molar-refractivity contribution is -0.167. The van der Waals surface area contributed by atoms with Crippen molar-refractivity contribution in [2.45, 2.75) is 107 Å². The van der Waals surface area contributed by atoms with E-state index in [0.29, 0.717) is 39.0 Å². The number of nitrogens with one attached hydrogen (secondary N) is 1. The lowest BCUT2D eigenvalue weighted by Gasteiger charge is -2.42. The summed E-state index contributed by atoms with van der Waals surface area (Å²) in [6.45, 7) is 0.551. The van der Waals surface area contributed by atoms with E-state index in [2.05, 4.69) is 4.72 Å². The van der Waals surface area contributed by atoms with Gasteiger partial charge in [-0.15, -0.1) is 0 Å². The first kappa shape index (κ1) is 28.9. The second kappa shape index (κ2) is 10.5. The predicted molar refractivity (Wildman–Crippen MR) is 123 cm³/mol. The van der Waals surface area contributed by atoms with E-state index in [4.69, 9.17) is 0 Å². The summed E-state index contributed by atoms with van der Waals surface area (Å²) in [5.41, 5.74) is -3.85. The first-order chi connectivity index (χ1) is 17.2. The minimum Gasteiger partial charge on any atom is -0.375 e. The standard InChI is InChI=1S/C24H36F6N2O4S/c1-23(34,21(29)30)22(33)32-11-24(5-6-24)20(31-37(35,36)12-25)18(32)9-13-3-2-4-17(19(13)28)14-7-15(26)10-16(27)8-14/h13-21,31,34H,2-12H2,1H3/t13?,14?,15?,16?,17?,18-,19?,20+,23?/m0/s1.